The maximum atomic E-state index is 12.6. The third-order valence-corrected chi connectivity index (χ3v) is 4.61. The summed E-state index contributed by atoms with van der Waals surface area (Å²) in [5, 5.41) is 5.30. The highest BCUT2D eigenvalue weighted by Crippen LogP contribution is 2.04. The van der Waals surface area contributed by atoms with Gasteiger partial charge in [0.15, 0.2) is 0 Å². The molecule has 0 bridgehead atoms. The lowest BCUT2D eigenvalue weighted by Gasteiger charge is -2.22. The molecule has 30 heavy (non-hydrogen) atoms. The van der Waals surface area contributed by atoms with Gasteiger partial charge < -0.3 is 20.4 Å². The minimum atomic E-state index is -0.743. The molecule has 0 spiro atoms. The van der Waals surface area contributed by atoms with Gasteiger partial charge in [0.05, 0.1) is 26.5 Å². The number of rotatable bonds is 12. The number of aromatic nitrogens is 2. The van der Waals surface area contributed by atoms with Crippen molar-refractivity contribution in [1.29, 1.82) is 0 Å². The molecule has 1 atom stereocenters. The predicted molar refractivity (Wildman–Crippen MR) is 112 cm³/mol. The number of benzene rings is 1. The van der Waals surface area contributed by atoms with Crippen molar-refractivity contribution in [3.05, 3.63) is 54.1 Å². The lowest BCUT2D eigenvalue weighted by atomic mass is 10.1. The normalized spacial score (nSPS) is 11.7. The van der Waals surface area contributed by atoms with E-state index >= 15 is 0 Å². The summed E-state index contributed by atoms with van der Waals surface area (Å²) < 4.78 is 4.75. The van der Waals surface area contributed by atoms with E-state index in [1.165, 1.54) is 26.0 Å². The lowest BCUT2D eigenvalue weighted by molar-refractivity contribution is -0.142. The molecule has 9 nitrogen and oxygen atoms in total. The SMILES string of the molecule is CNC(=O)C(Cc1cnc[nH]1)NC(=O)CN(CCCc1ccccc1)CC(=O)OC. The maximum Gasteiger partial charge on any atom is 0.319 e. The molecule has 3 N–H and O–H groups in total. The van der Waals surface area contributed by atoms with Crippen molar-refractivity contribution < 1.29 is 19.1 Å². The maximum absolute atomic E-state index is 12.6. The fourth-order valence-corrected chi connectivity index (χ4v) is 3.06. The van der Waals surface area contributed by atoms with Gasteiger partial charge in [-0.15, -0.1) is 0 Å². The second kappa shape index (κ2) is 12.4. The molecule has 1 aromatic carbocycles. The smallest absolute Gasteiger partial charge is 0.319 e. The van der Waals surface area contributed by atoms with Crippen LogP contribution >= 0.6 is 0 Å². The van der Waals surface area contributed by atoms with Crippen LogP contribution in [0, 0.1) is 0 Å². The van der Waals surface area contributed by atoms with Gasteiger partial charge in [-0.05, 0) is 24.9 Å². The summed E-state index contributed by atoms with van der Waals surface area (Å²) in [6.45, 7) is 0.535. The Morgan fingerprint density at radius 1 is 1.20 bits per heavy atom. The number of carbonyl (C=O) groups is 3. The van der Waals surface area contributed by atoms with Gasteiger partial charge in [-0.25, -0.2) is 4.98 Å². The van der Waals surface area contributed by atoms with Crippen molar-refractivity contribution in [3.63, 3.8) is 0 Å². The third-order valence-electron chi connectivity index (χ3n) is 4.61. The Labute approximate surface area is 176 Å². The number of esters is 1. The van der Waals surface area contributed by atoms with Gasteiger partial charge in [-0.3, -0.25) is 19.3 Å². The van der Waals surface area contributed by atoms with Crippen LogP contribution in [0.2, 0.25) is 0 Å². The number of aromatic amines is 1. The molecule has 0 aliphatic heterocycles. The second-order valence-electron chi connectivity index (χ2n) is 6.89. The van der Waals surface area contributed by atoms with E-state index in [0.717, 1.165) is 18.5 Å². The van der Waals surface area contributed by atoms with Crippen molar-refractivity contribution in [3.8, 4) is 0 Å². The second-order valence-corrected chi connectivity index (χ2v) is 6.89. The van der Waals surface area contributed by atoms with Crippen molar-refractivity contribution >= 4 is 17.8 Å². The Hall–Kier alpha value is -3.20. The van der Waals surface area contributed by atoms with E-state index in [-0.39, 0.29) is 31.3 Å². The number of H-pyrrole nitrogens is 1. The summed E-state index contributed by atoms with van der Waals surface area (Å²) >= 11 is 0. The zero-order chi connectivity index (χ0) is 21.8. The van der Waals surface area contributed by atoms with Gasteiger partial charge in [0.25, 0.3) is 0 Å². The van der Waals surface area contributed by atoms with Crippen LogP contribution in [0.25, 0.3) is 0 Å². The van der Waals surface area contributed by atoms with Gasteiger partial charge in [0.2, 0.25) is 11.8 Å². The van der Waals surface area contributed by atoms with Crippen LogP contribution in [-0.2, 0) is 32.0 Å². The number of nitrogens with one attached hydrogen (secondary N) is 3. The van der Waals surface area contributed by atoms with Crippen LogP contribution in [0.1, 0.15) is 17.7 Å². The number of imidazole rings is 1. The van der Waals surface area contributed by atoms with Gasteiger partial charge in [0.1, 0.15) is 6.04 Å². The first-order valence-electron chi connectivity index (χ1n) is 9.83. The molecule has 162 valence electrons. The van der Waals surface area contributed by atoms with E-state index < -0.39 is 12.0 Å². The van der Waals surface area contributed by atoms with Crippen molar-refractivity contribution in [2.24, 2.45) is 0 Å². The summed E-state index contributed by atoms with van der Waals surface area (Å²) in [5.41, 5.74) is 1.93. The number of hydrogen-bond donors (Lipinski definition) is 3. The number of ether oxygens (including phenoxy) is 1. The number of amides is 2. The lowest BCUT2D eigenvalue weighted by Crippen LogP contribution is -2.50. The average Bonchev–Trinajstić information content (AvgIpc) is 3.26. The van der Waals surface area contributed by atoms with Crippen molar-refractivity contribution in [1.82, 2.24) is 25.5 Å². The van der Waals surface area contributed by atoms with Crippen LogP contribution in [0.15, 0.2) is 42.9 Å². The van der Waals surface area contributed by atoms with Crippen LogP contribution in [0.5, 0.6) is 0 Å². The summed E-state index contributed by atoms with van der Waals surface area (Å²) in [4.78, 5) is 45.1. The predicted octanol–water partition coefficient (Wildman–Crippen LogP) is 0.291. The molecule has 1 heterocycles. The van der Waals surface area contributed by atoms with Gasteiger partial charge in [-0.2, -0.15) is 0 Å². The Kier molecular flexibility index (Phi) is 9.53. The molecule has 0 fully saturated rings. The molecule has 9 heteroatoms. The first kappa shape index (κ1) is 23.1. The topological polar surface area (TPSA) is 116 Å². The van der Waals surface area contributed by atoms with Crippen molar-refractivity contribution in [2.75, 3.05) is 33.8 Å². The Balaban J connectivity index is 1.93. The van der Waals surface area contributed by atoms with E-state index in [1.54, 1.807) is 11.1 Å². The van der Waals surface area contributed by atoms with Crippen molar-refractivity contribution in [2.45, 2.75) is 25.3 Å². The van der Waals surface area contributed by atoms with E-state index in [0.29, 0.717) is 6.54 Å². The molecular formula is C21H29N5O4. The molecule has 0 aliphatic carbocycles. The molecule has 2 rings (SSSR count). The minimum Gasteiger partial charge on any atom is -0.468 e. The number of carbonyl (C=O) groups excluding carboxylic acids is 3. The quantitative estimate of drug-likeness (QED) is 0.429. The molecule has 0 aliphatic rings. The fraction of sp³-hybridized carbons (Fsp3) is 0.429. The Morgan fingerprint density at radius 2 is 1.97 bits per heavy atom. The summed E-state index contributed by atoms with van der Waals surface area (Å²) in [6.07, 6.45) is 5.02. The molecule has 2 aromatic rings. The largest absolute Gasteiger partial charge is 0.468 e. The highest BCUT2D eigenvalue weighted by molar-refractivity contribution is 5.88. The van der Waals surface area contributed by atoms with Crippen LogP contribution in [0.4, 0.5) is 0 Å². The van der Waals surface area contributed by atoms with Gasteiger partial charge in [0, 0.05) is 25.4 Å². The highest BCUT2D eigenvalue weighted by atomic mass is 16.5. The summed E-state index contributed by atoms with van der Waals surface area (Å²) in [6, 6.07) is 9.26. The zero-order valence-corrected chi connectivity index (χ0v) is 17.4. The first-order valence-corrected chi connectivity index (χ1v) is 9.83. The average molecular weight is 415 g/mol. The van der Waals surface area contributed by atoms with E-state index in [1.807, 2.05) is 30.3 Å². The zero-order valence-electron chi connectivity index (χ0n) is 17.4. The highest BCUT2D eigenvalue weighted by Gasteiger charge is 2.22. The van der Waals surface area contributed by atoms with Gasteiger partial charge >= 0.3 is 5.97 Å². The fourth-order valence-electron chi connectivity index (χ4n) is 3.06. The molecule has 2 amide bonds. The molecule has 1 unspecified atom stereocenters. The number of likely N-dealkylation sites (N-methyl/N-ethyl adjacent to an activating group) is 1. The van der Waals surface area contributed by atoms with Crippen LogP contribution < -0.4 is 10.6 Å². The Bertz CT molecular complexity index is 795. The first-order chi connectivity index (χ1) is 14.5. The molecule has 1 aromatic heterocycles. The number of aryl methyl sites for hydroxylation is 1. The monoisotopic (exact) mass is 415 g/mol. The summed E-state index contributed by atoms with van der Waals surface area (Å²) in [5.74, 6) is -1.06. The Morgan fingerprint density at radius 3 is 2.60 bits per heavy atom. The number of nitrogens with zero attached hydrogens (tertiary/aromatic N) is 2. The van der Waals surface area contributed by atoms with Crippen LogP contribution in [-0.4, -0.2) is 72.5 Å². The van der Waals surface area contributed by atoms with E-state index in [9.17, 15) is 14.4 Å². The molecule has 0 saturated carbocycles. The molecular weight excluding hydrogens is 386 g/mol. The minimum absolute atomic E-state index is 0.00387. The van der Waals surface area contributed by atoms with Crippen LogP contribution in [0.3, 0.4) is 0 Å². The van der Waals surface area contributed by atoms with E-state index in [2.05, 4.69) is 20.6 Å². The third kappa shape index (κ3) is 8.04. The molecule has 0 saturated heterocycles. The number of hydrogen-bond acceptors (Lipinski definition) is 6. The number of methoxy groups -OCH3 is 1. The summed E-state index contributed by atoms with van der Waals surface area (Å²) in [7, 11) is 2.83. The standard InChI is InChI=1S/C21H29N5O4/c1-22-21(29)18(11-17-12-23-15-24-17)25-19(27)13-26(14-20(28)30-2)10-6-9-16-7-4-3-5-8-16/h3-5,7-8,12,15,18H,6,9-11,13-14H2,1-2H3,(H,22,29)(H,23,24)(H,25,27). The van der Waals surface area contributed by atoms with Gasteiger partial charge in [-0.1, -0.05) is 30.3 Å². The van der Waals surface area contributed by atoms with E-state index in [4.69, 9.17) is 4.74 Å². The molecule has 0 radical (unpaired) electrons.